The largest absolute Gasteiger partial charge is 0.277 e. The third-order valence-electron chi connectivity index (χ3n) is 5.23. The Bertz CT molecular complexity index is 1370. The molecular weight excluding hydrogens is 551 g/mol. The number of aromatic amines is 1. The Hall–Kier alpha value is -3.24. The van der Waals surface area contributed by atoms with Gasteiger partial charge in [-0.25, -0.2) is 10.0 Å². The monoisotopic (exact) mass is 568 g/mol. The molecule has 1 amide bonds. The van der Waals surface area contributed by atoms with Gasteiger partial charge in [-0.3, -0.25) is 20.3 Å². The highest BCUT2D eigenvalue weighted by Crippen LogP contribution is 2.44. The molecule has 0 fully saturated rings. The number of nitrogens with zero attached hydrogens (tertiary/aromatic N) is 4. The molecule has 1 aliphatic rings. The van der Waals surface area contributed by atoms with E-state index in [4.69, 9.17) is 16.6 Å². The number of hydrazine groups is 1. The van der Waals surface area contributed by atoms with Gasteiger partial charge in [0.2, 0.25) is 0 Å². The number of halogens is 2. The Labute approximate surface area is 209 Å². The number of aryl methyl sites for hydroxylation is 1. The van der Waals surface area contributed by atoms with Crippen LogP contribution in [0.3, 0.4) is 0 Å². The highest BCUT2D eigenvalue weighted by Gasteiger charge is 2.34. The van der Waals surface area contributed by atoms with Gasteiger partial charge in [0.25, 0.3) is 5.91 Å². The highest BCUT2D eigenvalue weighted by atomic mass is 127. The number of carbonyl (C=O) groups excluding carboxylic acids is 1. The molecule has 2 aromatic heterocycles. The number of fused-ring (bicyclic) bond motifs is 1. The van der Waals surface area contributed by atoms with Gasteiger partial charge in [-0.15, -0.1) is 0 Å². The lowest BCUT2D eigenvalue weighted by atomic mass is 10.1. The molecule has 2 N–H and O–H groups in total. The molecule has 0 saturated heterocycles. The first-order chi connectivity index (χ1) is 16.0. The summed E-state index contributed by atoms with van der Waals surface area (Å²) in [5, 5.41) is 9.97. The number of rotatable bonds is 4. The van der Waals surface area contributed by atoms with E-state index in [0.29, 0.717) is 27.8 Å². The van der Waals surface area contributed by atoms with Crippen LogP contribution in [0.2, 0.25) is 5.02 Å². The maximum atomic E-state index is 13.0. The van der Waals surface area contributed by atoms with Crippen molar-refractivity contribution in [1.82, 2.24) is 25.6 Å². The van der Waals surface area contributed by atoms with Gasteiger partial charge in [-0.1, -0.05) is 53.6 Å². The number of pyridine rings is 1. The lowest BCUT2D eigenvalue weighted by molar-refractivity contribution is 0.0864. The Morgan fingerprint density at radius 2 is 2.00 bits per heavy atom. The summed E-state index contributed by atoms with van der Waals surface area (Å²) in [7, 11) is 0. The van der Waals surface area contributed by atoms with E-state index in [1.54, 1.807) is 23.3 Å². The molecule has 5 rings (SSSR count). The number of benzene rings is 2. The second-order valence-electron chi connectivity index (χ2n) is 7.51. The fourth-order valence-corrected chi connectivity index (χ4v) is 4.70. The van der Waals surface area contributed by atoms with E-state index in [9.17, 15) is 4.79 Å². The van der Waals surface area contributed by atoms with E-state index < -0.39 is 0 Å². The summed E-state index contributed by atoms with van der Waals surface area (Å²) >= 11 is 8.72. The summed E-state index contributed by atoms with van der Waals surface area (Å²) < 4.78 is -0.296. The number of aliphatic imine (C=N–C) groups is 1. The highest BCUT2D eigenvalue weighted by molar-refractivity contribution is 14.1. The zero-order valence-corrected chi connectivity index (χ0v) is 20.4. The first-order valence-electron chi connectivity index (χ1n) is 10.2. The molecule has 1 unspecified atom stereocenters. The maximum absolute atomic E-state index is 13.0. The van der Waals surface area contributed by atoms with Crippen molar-refractivity contribution in [2.24, 2.45) is 4.99 Å². The molecule has 164 valence electrons. The summed E-state index contributed by atoms with van der Waals surface area (Å²) in [4.78, 5) is 22.0. The quantitative estimate of drug-likeness (QED) is 0.190. The second-order valence-corrected chi connectivity index (χ2v) is 9.09. The van der Waals surface area contributed by atoms with Gasteiger partial charge in [-0.05, 0) is 53.8 Å². The number of amidine groups is 1. The van der Waals surface area contributed by atoms with Gasteiger partial charge in [0.15, 0.2) is 5.84 Å². The number of carbonyl (C=O) groups is 1. The van der Waals surface area contributed by atoms with Crippen LogP contribution in [0, 0.1) is 6.92 Å². The summed E-state index contributed by atoms with van der Waals surface area (Å²) in [6, 6.07) is 19.0. The third kappa shape index (κ3) is 4.11. The summed E-state index contributed by atoms with van der Waals surface area (Å²) in [6.45, 7) is 2.02. The Balaban J connectivity index is 1.63. The van der Waals surface area contributed by atoms with E-state index >= 15 is 0 Å². The van der Waals surface area contributed by atoms with Gasteiger partial charge in [0.05, 0.1) is 16.3 Å². The summed E-state index contributed by atoms with van der Waals surface area (Å²) in [5.41, 5.74) is 8.34. The lowest BCUT2D eigenvalue weighted by Crippen LogP contribution is -2.48. The van der Waals surface area contributed by atoms with E-state index in [1.165, 1.54) is 6.20 Å². The van der Waals surface area contributed by atoms with Crippen LogP contribution in [-0.2, 0) is 0 Å². The number of aromatic nitrogens is 3. The van der Waals surface area contributed by atoms with Crippen molar-refractivity contribution < 1.29 is 4.79 Å². The van der Waals surface area contributed by atoms with Gasteiger partial charge < -0.3 is 0 Å². The molecular formula is C24H18ClIN6O. The minimum Gasteiger partial charge on any atom is -0.277 e. The molecule has 1 atom stereocenters. The fourth-order valence-electron chi connectivity index (χ4n) is 3.63. The predicted molar refractivity (Wildman–Crippen MR) is 137 cm³/mol. The first-order valence-corrected chi connectivity index (χ1v) is 11.8. The molecule has 1 aliphatic heterocycles. The molecule has 2 aromatic carbocycles. The van der Waals surface area contributed by atoms with Gasteiger partial charge >= 0.3 is 0 Å². The van der Waals surface area contributed by atoms with Crippen LogP contribution in [0.1, 0.15) is 31.2 Å². The van der Waals surface area contributed by atoms with Crippen molar-refractivity contribution in [3.05, 3.63) is 100 Å². The minimum atomic E-state index is -0.296. The molecule has 0 saturated carbocycles. The van der Waals surface area contributed by atoms with Gasteiger partial charge in [0, 0.05) is 23.5 Å². The number of H-pyrrole nitrogens is 1. The molecule has 4 aromatic rings. The third-order valence-corrected chi connectivity index (χ3v) is 6.74. The SMILES string of the molecule is Cc1cccc(C2=Nc3c(-c4ccccc4Cl)n[nH]c3C(I)N2NC(=O)c2cccnc2)c1. The Morgan fingerprint density at radius 3 is 2.76 bits per heavy atom. The number of hydrogen-bond acceptors (Lipinski definition) is 5. The Kier molecular flexibility index (Phi) is 5.86. The lowest BCUT2D eigenvalue weighted by Gasteiger charge is -2.33. The maximum Gasteiger partial charge on any atom is 0.271 e. The number of hydrogen-bond donors (Lipinski definition) is 2. The number of alkyl halides is 1. The Morgan fingerprint density at radius 1 is 1.15 bits per heavy atom. The molecule has 0 spiro atoms. The van der Waals surface area contributed by atoms with Crippen LogP contribution in [-0.4, -0.2) is 31.9 Å². The van der Waals surface area contributed by atoms with Crippen LogP contribution >= 0.6 is 34.2 Å². The van der Waals surface area contributed by atoms with Crippen molar-refractivity contribution >= 4 is 51.6 Å². The topological polar surface area (TPSA) is 86.3 Å². The molecule has 3 heterocycles. The zero-order valence-electron chi connectivity index (χ0n) is 17.5. The molecule has 9 heteroatoms. The summed E-state index contributed by atoms with van der Waals surface area (Å²) in [5.74, 6) is 0.331. The minimum absolute atomic E-state index is 0.278. The van der Waals surface area contributed by atoms with Gasteiger partial charge in [0.1, 0.15) is 15.4 Å². The van der Waals surface area contributed by atoms with Crippen LogP contribution in [0.15, 0.2) is 78.0 Å². The molecule has 0 radical (unpaired) electrons. The first kappa shape index (κ1) is 21.6. The molecule has 0 bridgehead atoms. The van der Waals surface area contributed by atoms with E-state index in [-0.39, 0.29) is 9.96 Å². The van der Waals surface area contributed by atoms with Crippen molar-refractivity contribution in [1.29, 1.82) is 0 Å². The van der Waals surface area contributed by atoms with Crippen LogP contribution in [0.25, 0.3) is 11.3 Å². The van der Waals surface area contributed by atoms with Crippen molar-refractivity contribution in [3.63, 3.8) is 0 Å². The molecule has 33 heavy (non-hydrogen) atoms. The van der Waals surface area contributed by atoms with Crippen LogP contribution in [0.4, 0.5) is 5.69 Å². The molecule has 0 aliphatic carbocycles. The van der Waals surface area contributed by atoms with Crippen LogP contribution in [0.5, 0.6) is 0 Å². The number of amides is 1. The average Bonchev–Trinajstić information content (AvgIpc) is 3.25. The van der Waals surface area contributed by atoms with Crippen LogP contribution < -0.4 is 5.43 Å². The smallest absolute Gasteiger partial charge is 0.271 e. The fraction of sp³-hybridized carbons (Fsp3) is 0.0833. The normalized spacial score (nSPS) is 15.1. The van der Waals surface area contributed by atoms with E-state index in [1.807, 2.05) is 55.5 Å². The summed E-state index contributed by atoms with van der Waals surface area (Å²) in [6.07, 6.45) is 3.16. The van der Waals surface area contributed by atoms with E-state index in [0.717, 1.165) is 22.4 Å². The van der Waals surface area contributed by atoms with Crippen molar-refractivity contribution in [2.75, 3.05) is 0 Å². The predicted octanol–water partition coefficient (Wildman–Crippen LogP) is 5.61. The molecule has 7 nitrogen and oxygen atoms in total. The number of nitrogens with one attached hydrogen (secondary N) is 2. The zero-order chi connectivity index (χ0) is 22.9. The standard InChI is InChI=1S/C24H18ClIN6O/c1-14-6-4-7-15(12-14)23-28-20-19(17-9-2-3-10-18(17)25)29-30-21(20)22(26)32(23)31-24(33)16-8-5-11-27-13-16/h2-13,22H,1H3,(H,29,30)(H,31,33). The van der Waals surface area contributed by atoms with Gasteiger partial charge in [-0.2, -0.15) is 5.10 Å². The van der Waals surface area contributed by atoms with Crippen molar-refractivity contribution in [2.45, 2.75) is 11.0 Å². The average molecular weight is 569 g/mol. The second kappa shape index (κ2) is 8.95. The van der Waals surface area contributed by atoms with E-state index in [2.05, 4.69) is 43.2 Å². The van der Waals surface area contributed by atoms with Crippen molar-refractivity contribution in [3.8, 4) is 11.3 Å².